The summed E-state index contributed by atoms with van der Waals surface area (Å²) in [7, 11) is -3.71. The molecule has 4 nitrogen and oxygen atoms in total. The summed E-state index contributed by atoms with van der Waals surface area (Å²) in [4.78, 5) is 0.306. The Morgan fingerprint density at radius 2 is 1.77 bits per heavy atom. The molecule has 1 aliphatic carbocycles. The molecule has 0 saturated heterocycles. The van der Waals surface area contributed by atoms with Gasteiger partial charge in [-0.25, -0.2) is 8.42 Å². The molecule has 5 rings (SSSR count). The van der Waals surface area contributed by atoms with Crippen LogP contribution in [0.3, 0.4) is 0 Å². The zero-order valence-electron chi connectivity index (χ0n) is 17.5. The third kappa shape index (κ3) is 3.08. The van der Waals surface area contributed by atoms with Crippen LogP contribution in [0.25, 0.3) is 21.7 Å². The fraction of sp³-hybridized carbons (Fsp3) is 0.280. The Kier molecular flexibility index (Phi) is 4.40. The van der Waals surface area contributed by atoms with E-state index in [9.17, 15) is 8.42 Å². The smallest absolute Gasteiger partial charge is 0.262 e. The Morgan fingerprint density at radius 3 is 2.53 bits per heavy atom. The molecule has 0 fully saturated rings. The Labute approximate surface area is 177 Å². The van der Waals surface area contributed by atoms with Crippen molar-refractivity contribution in [3.63, 3.8) is 0 Å². The molecule has 0 bridgehead atoms. The summed E-state index contributed by atoms with van der Waals surface area (Å²) in [5.41, 5.74) is 4.46. The summed E-state index contributed by atoms with van der Waals surface area (Å²) in [5.74, 6) is 1.65. The molecule has 0 saturated carbocycles. The van der Waals surface area contributed by atoms with Gasteiger partial charge in [0, 0.05) is 28.1 Å². The van der Waals surface area contributed by atoms with E-state index in [2.05, 4.69) is 11.6 Å². The molecule has 1 aromatic heterocycles. The molecule has 154 valence electrons. The Bertz CT molecular complexity index is 1400. The summed E-state index contributed by atoms with van der Waals surface area (Å²) in [6, 6.07) is 15.2. The molecule has 0 spiro atoms. The monoisotopic (exact) mass is 419 g/mol. The van der Waals surface area contributed by atoms with Crippen LogP contribution in [0.2, 0.25) is 0 Å². The molecule has 30 heavy (non-hydrogen) atoms. The first-order valence-corrected chi connectivity index (χ1v) is 11.9. The maximum atomic E-state index is 13.2. The van der Waals surface area contributed by atoms with Gasteiger partial charge >= 0.3 is 0 Å². The number of hydrogen-bond acceptors (Lipinski definition) is 3. The van der Waals surface area contributed by atoms with Crippen molar-refractivity contribution in [2.24, 2.45) is 5.92 Å². The summed E-state index contributed by atoms with van der Waals surface area (Å²) < 4.78 is 35.7. The van der Waals surface area contributed by atoms with E-state index >= 15 is 0 Å². The Morgan fingerprint density at radius 1 is 1.00 bits per heavy atom. The highest BCUT2D eigenvalue weighted by Crippen LogP contribution is 2.40. The molecule has 0 unspecified atom stereocenters. The predicted octanol–water partition coefficient (Wildman–Crippen LogP) is 6.13. The highest BCUT2D eigenvalue weighted by Gasteiger charge is 2.25. The lowest BCUT2D eigenvalue weighted by Gasteiger charge is -2.16. The summed E-state index contributed by atoms with van der Waals surface area (Å²) in [6.07, 6.45) is 3.02. The molecule has 0 amide bonds. The lowest BCUT2D eigenvalue weighted by molar-refractivity contribution is 0.427. The normalized spacial score (nSPS) is 16.7. The van der Waals surface area contributed by atoms with E-state index in [-0.39, 0.29) is 0 Å². The van der Waals surface area contributed by atoms with Crippen LogP contribution < -0.4 is 4.72 Å². The van der Waals surface area contributed by atoms with Crippen LogP contribution in [0.1, 0.15) is 35.8 Å². The molecule has 4 aromatic rings. The van der Waals surface area contributed by atoms with Crippen molar-refractivity contribution < 1.29 is 12.8 Å². The quantitative estimate of drug-likeness (QED) is 0.435. The summed E-state index contributed by atoms with van der Waals surface area (Å²) in [5, 5.41) is 2.81. The molecule has 1 heterocycles. The lowest BCUT2D eigenvalue weighted by Crippen LogP contribution is -2.14. The maximum absolute atomic E-state index is 13.2. The zero-order valence-corrected chi connectivity index (χ0v) is 18.3. The second-order valence-electron chi connectivity index (χ2n) is 8.57. The van der Waals surface area contributed by atoms with E-state index in [1.54, 1.807) is 6.07 Å². The largest absolute Gasteiger partial charge is 0.460 e. The first kappa shape index (κ1) is 19.2. The predicted molar refractivity (Wildman–Crippen MR) is 122 cm³/mol. The van der Waals surface area contributed by atoms with Gasteiger partial charge in [-0.05, 0) is 50.3 Å². The van der Waals surface area contributed by atoms with Gasteiger partial charge in [-0.15, -0.1) is 0 Å². The molecular weight excluding hydrogens is 394 g/mol. The average molecular weight is 420 g/mol. The highest BCUT2D eigenvalue weighted by molar-refractivity contribution is 7.92. The topological polar surface area (TPSA) is 59.3 Å². The Balaban J connectivity index is 1.70. The average Bonchev–Trinajstić information content (AvgIpc) is 3.05. The van der Waals surface area contributed by atoms with Crippen molar-refractivity contribution in [1.29, 1.82) is 0 Å². The van der Waals surface area contributed by atoms with Crippen molar-refractivity contribution in [2.75, 3.05) is 4.72 Å². The molecular formula is C25H25NO3S. The van der Waals surface area contributed by atoms with E-state index < -0.39 is 10.0 Å². The van der Waals surface area contributed by atoms with E-state index in [0.717, 1.165) is 57.9 Å². The van der Waals surface area contributed by atoms with Gasteiger partial charge in [-0.3, -0.25) is 4.72 Å². The van der Waals surface area contributed by atoms with Gasteiger partial charge in [0.2, 0.25) is 0 Å². The van der Waals surface area contributed by atoms with Crippen molar-refractivity contribution in [1.82, 2.24) is 0 Å². The van der Waals surface area contributed by atoms with Crippen LogP contribution >= 0.6 is 0 Å². The van der Waals surface area contributed by atoms with Crippen LogP contribution in [0.5, 0.6) is 0 Å². The van der Waals surface area contributed by atoms with Crippen LogP contribution in [0, 0.1) is 19.8 Å². The number of nitrogens with one attached hydrogen (secondary N) is 1. The van der Waals surface area contributed by atoms with Gasteiger partial charge < -0.3 is 4.42 Å². The summed E-state index contributed by atoms with van der Waals surface area (Å²) >= 11 is 0. The minimum Gasteiger partial charge on any atom is -0.460 e. The van der Waals surface area contributed by atoms with E-state index in [1.807, 2.05) is 56.3 Å². The van der Waals surface area contributed by atoms with Crippen molar-refractivity contribution in [3.8, 4) is 0 Å². The molecule has 0 radical (unpaired) electrons. The molecule has 3 aromatic carbocycles. The van der Waals surface area contributed by atoms with Crippen LogP contribution in [-0.4, -0.2) is 8.42 Å². The number of aryl methyl sites for hydroxylation is 3. The number of anilines is 1. The standard InChI is InChI=1S/C25H25NO3S/c1-15-9-11-24(17(3)12-15)30(27,28)26-22-14-21-19-10-8-16(2)13-23(19)29-25(21)20-7-5-4-6-18(20)22/h4-7,9,11-12,14,16,26H,8,10,13H2,1-3H3/t16-/m1/s1. The molecule has 0 aliphatic heterocycles. The van der Waals surface area contributed by atoms with Gasteiger partial charge in [0.25, 0.3) is 10.0 Å². The van der Waals surface area contributed by atoms with Gasteiger partial charge in [0.15, 0.2) is 0 Å². The molecule has 1 atom stereocenters. The Hall–Kier alpha value is -2.79. The lowest BCUT2D eigenvalue weighted by atomic mass is 9.88. The minimum absolute atomic E-state index is 0.306. The maximum Gasteiger partial charge on any atom is 0.262 e. The summed E-state index contributed by atoms with van der Waals surface area (Å²) in [6.45, 7) is 6.04. The number of benzene rings is 3. The van der Waals surface area contributed by atoms with Crippen LogP contribution in [0.15, 0.2) is 57.8 Å². The third-order valence-corrected chi connectivity index (χ3v) is 7.69. The van der Waals surface area contributed by atoms with Gasteiger partial charge in [0.1, 0.15) is 11.3 Å². The van der Waals surface area contributed by atoms with Gasteiger partial charge in [-0.1, -0.05) is 48.9 Å². The zero-order chi connectivity index (χ0) is 21.0. The van der Waals surface area contributed by atoms with E-state index in [4.69, 9.17) is 4.42 Å². The fourth-order valence-electron chi connectivity index (χ4n) is 4.65. The third-order valence-electron chi connectivity index (χ3n) is 6.17. The van der Waals surface area contributed by atoms with Gasteiger partial charge in [-0.2, -0.15) is 0 Å². The SMILES string of the molecule is Cc1ccc(S(=O)(=O)Nc2cc3c4c(oc3c3ccccc23)C[C@H](C)CC4)c(C)c1. The fourth-order valence-corrected chi connectivity index (χ4v) is 5.95. The van der Waals surface area contributed by atoms with Crippen molar-refractivity contribution >= 4 is 37.5 Å². The number of hydrogen-bond donors (Lipinski definition) is 1. The van der Waals surface area contributed by atoms with E-state index in [1.165, 1.54) is 5.56 Å². The number of sulfonamides is 1. The minimum atomic E-state index is -3.71. The van der Waals surface area contributed by atoms with E-state index in [0.29, 0.717) is 16.5 Å². The second-order valence-corrected chi connectivity index (χ2v) is 10.2. The van der Waals surface area contributed by atoms with Crippen molar-refractivity contribution in [3.05, 3.63) is 71.0 Å². The number of rotatable bonds is 3. The van der Waals surface area contributed by atoms with Crippen molar-refractivity contribution in [2.45, 2.75) is 44.9 Å². The molecule has 5 heteroatoms. The first-order valence-electron chi connectivity index (χ1n) is 10.4. The van der Waals surface area contributed by atoms with Gasteiger partial charge in [0.05, 0.1) is 10.6 Å². The first-order chi connectivity index (χ1) is 14.3. The highest BCUT2D eigenvalue weighted by atomic mass is 32.2. The molecule has 1 N–H and O–H groups in total. The number of fused-ring (bicyclic) bond motifs is 5. The second kappa shape index (κ2) is 6.88. The number of furan rings is 1. The van der Waals surface area contributed by atoms with Crippen LogP contribution in [0.4, 0.5) is 5.69 Å². The van der Waals surface area contributed by atoms with Crippen LogP contribution in [-0.2, 0) is 22.9 Å². The molecule has 1 aliphatic rings.